The molecular weight excluding hydrogens is 342 g/mol. The molecule has 142 valence electrons. The second-order valence-corrected chi connectivity index (χ2v) is 6.81. The molecule has 2 aromatic rings. The number of hydrogen-bond acceptors (Lipinski definition) is 4. The fourth-order valence-corrected chi connectivity index (χ4v) is 3.18. The highest BCUT2D eigenvalue weighted by atomic mass is 16.5. The average molecular weight is 367 g/mol. The van der Waals surface area contributed by atoms with E-state index in [0.717, 1.165) is 35.8 Å². The first-order chi connectivity index (χ1) is 13.1. The number of carbonyl (C=O) groups excluding carboxylic acids is 2. The highest BCUT2D eigenvalue weighted by Gasteiger charge is 2.16. The molecule has 1 atom stereocenters. The van der Waals surface area contributed by atoms with E-state index in [4.69, 9.17) is 4.74 Å². The van der Waals surface area contributed by atoms with E-state index in [0.29, 0.717) is 12.3 Å². The predicted molar refractivity (Wildman–Crippen MR) is 106 cm³/mol. The zero-order valence-corrected chi connectivity index (χ0v) is 15.5. The van der Waals surface area contributed by atoms with Gasteiger partial charge in [-0.1, -0.05) is 42.5 Å². The lowest BCUT2D eigenvalue weighted by Crippen LogP contribution is -2.33. The van der Waals surface area contributed by atoms with Crippen molar-refractivity contribution in [3.8, 4) is 0 Å². The van der Waals surface area contributed by atoms with Gasteiger partial charge in [-0.25, -0.2) is 5.43 Å². The smallest absolute Gasteiger partial charge is 0.244 e. The lowest BCUT2D eigenvalue weighted by molar-refractivity contribution is -0.121. The predicted octanol–water partition coefficient (Wildman–Crippen LogP) is 2.56. The van der Waals surface area contributed by atoms with Crippen molar-refractivity contribution in [1.29, 1.82) is 0 Å². The molecule has 0 spiro atoms. The number of fused-ring (bicyclic) bond motifs is 1. The third-order valence-electron chi connectivity index (χ3n) is 4.57. The lowest BCUT2D eigenvalue weighted by Gasteiger charge is -2.10. The normalized spacial score (nSPS) is 17.1. The van der Waals surface area contributed by atoms with E-state index in [-0.39, 0.29) is 30.8 Å². The van der Waals surface area contributed by atoms with Gasteiger partial charge in [-0.3, -0.25) is 9.59 Å². The van der Waals surface area contributed by atoms with Gasteiger partial charge in [0, 0.05) is 18.9 Å². The van der Waals surface area contributed by atoms with Gasteiger partial charge in [0.25, 0.3) is 0 Å². The summed E-state index contributed by atoms with van der Waals surface area (Å²) in [4.78, 5) is 24.1. The largest absolute Gasteiger partial charge is 0.376 e. The average Bonchev–Trinajstić information content (AvgIpc) is 3.19. The quantitative estimate of drug-likeness (QED) is 0.583. The highest BCUT2D eigenvalue weighted by Crippen LogP contribution is 2.18. The van der Waals surface area contributed by atoms with Crippen molar-refractivity contribution in [2.24, 2.45) is 5.10 Å². The Morgan fingerprint density at radius 2 is 1.96 bits per heavy atom. The Labute approximate surface area is 159 Å². The molecule has 1 aliphatic heterocycles. The third kappa shape index (κ3) is 5.62. The van der Waals surface area contributed by atoms with Crippen molar-refractivity contribution >= 4 is 28.3 Å². The van der Waals surface area contributed by atoms with Gasteiger partial charge in [-0.2, -0.15) is 5.10 Å². The standard InChI is InChI=1S/C21H25N3O3/c1-15(12-20(25)22-14-18-9-5-11-27-18)23-24-21(26)13-17-8-4-7-16-6-2-3-10-19(16)17/h2-4,6-8,10,18H,5,9,11-14H2,1H3,(H,22,25)(H,24,26)/b23-15-/t18-/m0/s1. The van der Waals surface area contributed by atoms with E-state index in [2.05, 4.69) is 15.8 Å². The molecule has 0 radical (unpaired) electrons. The van der Waals surface area contributed by atoms with Crippen LogP contribution in [0.25, 0.3) is 10.8 Å². The fourth-order valence-electron chi connectivity index (χ4n) is 3.18. The van der Waals surface area contributed by atoms with Crippen LogP contribution in [0.4, 0.5) is 0 Å². The van der Waals surface area contributed by atoms with Crippen molar-refractivity contribution in [1.82, 2.24) is 10.7 Å². The van der Waals surface area contributed by atoms with Crippen LogP contribution < -0.4 is 10.7 Å². The molecule has 6 heteroatoms. The minimum atomic E-state index is -0.203. The summed E-state index contributed by atoms with van der Waals surface area (Å²) >= 11 is 0. The zero-order chi connectivity index (χ0) is 19.1. The number of nitrogens with one attached hydrogen (secondary N) is 2. The van der Waals surface area contributed by atoms with Gasteiger partial charge in [0.2, 0.25) is 11.8 Å². The Bertz CT molecular complexity index is 836. The van der Waals surface area contributed by atoms with E-state index in [1.165, 1.54) is 0 Å². The van der Waals surface area contributed by atoms with Crippen LogP contribution in [0.2, 0.25) is 0 Å². The number of hydrogen-bond donors (Lipinski definition) is 2. The van der Waals surface area contributed by atoms with Crippen molar-refractivity contribution in [3.05, 3.63) is 48.0 Å². The van der Waals surface area contributed by atoms with Gasteiger partial charge in [-0.05, 0) is 36.1 Å². The van der Waals surface area contributed by atoms with Gasteiger partial charge < -0.3 is 10.1 Å². The number of carbonyl (C=O) groups is 2. The Morgan fingerprint density at radius 1 is 1.15 bits per heavy atom. The molecule has 2 amide bonds. The Morgan fingerprint density at radius 3 is 2.78 bits per heavy atom. The lowest BCUT2D eigenvalue weighted by atomic mass is 10.0. The molecule has 0 saturated carbocycles. The minimum Gasteiger partial charge on any atom is -0.376 e. The Hall–Kier alpha value is -2.73. The molecule has 2 N–H and O–H groups in total. The van der Waals surface area contributed by atoms with Crippen LogP contribution in [-0.4, -0.2) is 36.8 Å². The van der Waals surface area contributed by atoms with Crippen LogP contribution in [0.5, 0.6) is 0 Å². The minimum absolute atomic E-state index is 0.116. The van der Waals surface area contributed by atoms with E-state index in [1.807, 2.05) is 42.5 Å². The van der Waals surface area contributed by atoms with Crippen LogP contribution >= 0.6 is 0 Å². The first kappa shape index (κ1) is 19.0. The van der Waals surface area contributed by atoms with Crippen LogP contribution in [0.3, 0.4) is 0 Å². The second-order valence-electron chi connectivity index (χ2n) is 6.81. The molecule has 0 bridgehead atoms. The van der Waals surface area contributed by atoms with Gasteiger partial charge >= 0.3 is 0 Å². The Balaban J connectivity index is 1.47. The number of benzene rings is 2. The van der Waals surface area contributed by atoms with E-state index in [9.17, 15) is 9.59 Å². The van der Waals surface area contributed by atoms with E-state index >= 15 is 0 Å². The number of ether oxygens (including phenoxy) is 1. The molecule has 2 aromatic carbocycles. The summed E-state index contributed by atoms with van der Waals surface area (Å²) in [7, 11) is 0. The summed E-state index contributed by atoms with van der Waals surface area (Å²) in [6.07, 6.45) is 2.54. The summed E-state index contributed by atoms with van der Waals surface area (Å²) in [5.74, 6) is -0.319. The van der Waals surface area contributed by atoms with Gasteiger partial charge in [0.15, 0.2) is 0 Å². The van der Waals surface area contributed by atoms with Gasteiger partial charge in [0.05, 0.1) is 18.9 Å². The number of nitrogens with zero attached hydrogens (tertiary/aromatic N) is 1. The summed E-state index contributed by atoms with van der Waals surface area (Å²) in [5.41, 5.74) is 4.06. The van der Waals surface area contributed by atoms with Crippen molar-refractivity contribution in [2.75, 3.05) is 13.2 Å². The van der Waals surface area contributed by atoms with Crippen LogP contribution in [0.15, 0.2) is 47.6 Å². The summed E-state index contributed by atoms with van der Waals surface area (Å²) in [6.45, 7) is 3.02. The molecule has 6 nitrogen and oxygen atoms in total. The molecule has 1 aliphatic rings. The first-order valence-electron chi connectivity index (χ1n) is 9.29. The van der Waals surface area contributed by atoms with E-state index < -0.39 is 0 Å². The van der Waals surface area contributed by atoms with Crippen LogP contribution in [-0.2, 0) is 20.7 Å². The van der Waals surface area contributed by atoms with Crippen molar-refractivity contribution < 1.29 is 14.3 Å². The zero-order valence-electron chi connectivity index (χ0n) is 15.5. The van der Waals surface area contributed by atoms with Gasteiger partial charge in [0.1, 0.15) is 0 Å². The van der Waals surface area contributed by atoms with Gasteiger partial charge in [-0.15, -0.1) is 0 Å². The summed E-state index contributed by atoms with van der Waals surface area (Å²) < 4.78 is 5.47. The summed E-state index contributed by atoms with van der Waals surface area (Å²) in [5, 5.41) is 9.05. The maximum absolute atomic E-state index is 12.2. The maximum atomic E-state index is 12.2. The molecule has 1 heterocycles. The molecular formula is C21H25N3O3. The summed E-state index contributed by atoms with van der Waals surface area (Å²) in [6, 6.07) is 13.9. The second kappa shape index (κ2) is 9.28. The van der Waals surface area contributed by atoms with Crippen molar-refractivity contribution in [3.63, 3.8) is 0 Å². The number of hydrazone groups is 1. The Kier molecular flexibility index (Phi) is 6.54. The highest BCUT2D eigenvalue weighted by molar-refractivity contribution is 6.00. The SMILES string of the molecule is C/C(CC(=O)NC[C@@H]1CCCO1)=N/NC(=O)Cc1cccc2ccccc12. The van der Waals surface area contributed by atoms with Crippen LogP contribution in [0, 0.1) is 0 Å². The fraction of sp³-hybridized carbons (Fsp3) is 0.381. The van der Waals surface area contributed by atoms with Crippen molar-refractivity contribution in [2.45, 2.75) is 38.7 Å². The molecule has 1 saturated heterocycles. The number of rotatable bonds is 7. The molecule has 0 unspecified atom stereocenters. The topological polar surface area (TPSA) is 79.8 Å². The first-order valence-corrected chi connectivity index (χ1v) is 9.29. The molecule has 0 aromatic heterocycles. The monoisotopic (exact) mass is 367 g/mol. The molecule has 27 heavy (non-hydrogen) atoms. The van der Waals surface area contributed by atoms with E-state index in [1.54, 1.807) is 6.92 Å². The molecule has 3 rings (SSSR count). The molecule has 0 aliphatic carbocycles. The number of amides is 2. The molecule has 1 fully saturated rings. The maximum Gasteiger partial charge on any atom is 0.244 e. The van der Waals surface area contributed by atoms with Crippen LogP contribution in [0.1, 0.15) is 31.7 Å². The third-order valence-corrected chi connectivity index (χ3v) is 4.57.